The zero-order valence-corrected chi connectivity index (χ0v) is 10.3. The van der Waals surface area contributed by atoms with Crippen molar-refractivity contribution < 1.29 is 9.90 Å². The van der Waals surface area contributed by atoms with Crippen LogP contribution in [0.4, 0.5) is 0 Å². The molecule has 0 radical (unpaired) electrons. The summed E-state index contributed by atoms with van der Waals surface area (Å²) in [5.41, 5.74) is 0.809. The Morgan fingerprint density at radius 3 is 2.59 bits per heavy atom. The van der Waals surface area contributed by atoms with Gasteiger partial charge < -0.3 is 9.90 Å². The van der Waals surface area contributed by atoms with Gasteiger partial charge in [0.05, 0.1) is 10.3 Å². The largest absolute Gasteiger partial charge is 0.545 e. The van der Waals surface area contributed by atoms with Crippen LogP contribution in [0.5, 0.6) is 0 Å². The van der Waals surface area contributed by atoms with Crippen LogP contribution < -0.4 is 5.11 Å². The molecular formula is C13H8ClO2S-. The fraction of sp³-hybridized carbons (Fsp3) is 0. The fourth-order valence-electron chi connectivity index (χ4n) is 1.42. The van der Waals surface area contributed by atoms with Crippen LogP contribution in [0.15, 0.2) is 36.4 Å². The number of aromatic carboxylic acids is 1. The van der Waals surface area contributed by atoms with E-state index in [0.717, 1.165) is 4.88 Å². The van der Waals surface area contributed by atoms with E-state index in [4.69, 9.17) is 11.6 Å². The lowest BCUT2D eigenvalue weighted by Crippen LogP contribution is -2.23. The molecule has 17 heavy (non-hydrogen) atoms. The average Bonchev–Trinajstić information content (AvgIpc) is 2.73. The summed E-state index contributed by atoms with van der Waals surface area (Å²) in [6, 6.07) is 10.4. The molecule has 2 aromatic rings. The van der Waals surface area contributed by atoms with Crippen LogP contribution in [-0.4, -0.2) is 5.97 Å². The Bertz CT molecular complexity index is 572. The molecule has 0 atom stereocenters. The minimum Gasteiger partial charge on any atom is -0.545 e. The van der Waals surface area contributed by atoms with E-state index in [0.29, 0.717) is 9.90 Å². The van der Waals surface area contributed by atoms with Gasteiger partial charge in [0.15, 0.2) is 0 Å². The first-order chi connectivity index (χ1) is 8.16. The molecule has 86 valence electrons. The third-order valence-corrected chi connectivity index (χ3v) is 3.40. The molecule has 0 spiro atoms. The molecular weight excluding hydrogens is 256 g/mol. The van der Waals surface area contributed by atoms with Crippen LogP contribution in [0.2, 0.25) is 4.34 Å². The van der Waals surface area contributed by atoms with E-state index in [1.54, 1.807) is 30.3 Å². The lowest BCUT2D eigenvalue weighted by atomic mass is 10.1. The molecule has 0 bridgehead atoms. The SMILES string of the molecule is O=C([O-])c1ccccc1/C=C\c1ccc(Cl)s1. The van der Waals surface area contributed by atoms with Gasteiger partial charge in [-0.2, -0.15) is 0 Å². The van der Waals surface area contributed by atoms with E-state index in [-0.39, 0.29) is 5.56 Å². The number of carbonyl (C=O) groups excluding carboxylic acids is 1. The van der Waals surface area contributed by atoms with Crippen molar-refractivity contribution in [3.63, 3.8) is 0 Å². The van der Waals surface area contributed by atoms with Gasteiger partial charge in [-0.3, -0.25) is 0 Å². The zero-order chi connectivity index (χ0) is 12.3. The van der Waals surface area contributed by atoms with Crippen molar-refractivity contribution in [3.05, 3.63) is 56.7 Å². The summed E-state index contributed by atoms with van der Waals surface area (Å²) in [7, 11) is 0. The van der Waals surface area contributed by atoms with Gasteiger partial charge in [0.1, 0.15) is 0 Å². The van der Waals surface area contributed by atoms with Crippen molar-refractivity contribution in [3.8, 4) is 0 Å². The highest BCUT2D eigenvalue weighted by Crippen LogP contribution is 2.23. The van der Waals surface area contributed by atoms with E-state index in [1.807, 2.05) is 12.1 Å². The summed E-state index contributed by atoms with van der Waals surface area (Å²) in [5, 5.41) is 10.9. The van der Waals surface area contributed by atoms with Crippen LogP contribution in [0.25, 0.3) is 12.2 Å². The number of carboxylic acid groups (broad SMARTS) is 1. The van der Waals surface area contributed by atoms with Crippen molar-refractivity contribution in [1.82, 2.24) is 0 Å². The van der Waals surface area contributed by atoms with Crippen LogP contribution >= 0.6 is 22.9 Å². The lowest BCUT2D eigenvalue weighted by molar-refractivity contribution is -0.255. The summed E-state index contributed by atoms with van der Waals surface area (Å²) in [6.45, 7) is 0. The van der Waals surface area contributed by atoms with Gasteiger partial charge in [-0.15, -0.1) is 11.3 Å². The maximum atomic E-state index is 10.9. The maximum absolute atomic E-state index is 10.9. The van der Waals surface area contributed by atoms with Crippen molar-refractivity contribution in [1.29, 1.82) is 0 Å². The first-order valence-electron chi connectivity index (χ1n) is 4.90. The zero-order valence-electron chi connectivity index (χ0n) is 8.72. The second-order valence-corrected chi connectivity index (χ2v) is 5.10. The maximum Gasteiger partial charge on any atom is 0.0934 e. The summed E-state index contributed by atoms with van der Waals surface area (Å²) in [6.07, 6.45) is 3.58. The topological polar surface area (TPSA) is 40.1 Å². The van der Waals surface area contributed by atoms with Gasteiger partial charge in [-0.25, -0.2) is 0 Å². The Labute approximate surface area is 108 Å². The molecule has 0 N–H and O–H groups in total. The minimum absolute atomic E-state index is 0.186. The highest BCUT2D eigenvalue weighted by Gasteiger charge is 1.99. The standard InChI is InChI=1S/C13H9ClO2S/c14-12-8-7-10(17-12)6-5-9-3-1-2-4-11(9)13(15)16/h1-8H,(H,15,16)/p-1/b6-5-. The molecule has 0 saturated heterocycles. The lowest BCUT2D eigenvalue weighted by Gasteiger charge is -2.05. The fourth-order valence-corrected chi connectivity index (χ4v) is 2.38. The van der Waals surface area contributed by atoms with Gasteiger partial charge in [0.25, 0.3) is 0 Å². The van der Waals surface area contributed by atoms with Crippen LogP contribution in [-0.2, 0) is 0 Å². The van der Waals surface area contributed by atoms with E-state index >= 15 is 0 Å². The van der Waals surface area contributed by atoms with Gasteiger partial charge in [0, 0.05) is 10.4 Å². The van der Waals surface area contributed by atoms with Gasteiger partial charge in [-0.1, -0.05) is 41.9 Å². The monoisotopic (exact) mass is 263 g/mol. The normalized spacial score (nSPS) is 10.9. The smallest absolute Gasteiger partial charge is 0.0934 e. The first-order valence-corrected chi connectivity index (χ1v) is 6.10. The molecule has 0 unspecified atom stereocenters. The van der Waals surface area contributed by atoms with Gasteiger partial charge >= 0.3 is 0 Å². The molecule has 0 aliphatic heterocycles. The number of carbonyl (C=O) groups is 1. The predicted molar refractivity (Wildman–Crippen MR) is 69.0 cm³/mol. The summed E-state index contributed by atoms with van der Waals surface area (Å²) >= 11 is 7.24. The molecule has 4 heteroatoms. The number of halogens is 1. The highest BCUT2D eigenvalue weighted by molar-refractivity contribution is 7.17. The quantitative estimate of drug-likeness (QED) is 0.854. The molecule has 0 amide bonds. The van der Waals surface area contributed by atoms with Crippen molar-refractivity contribution in [2.75, 3.05) is 0 Å². The Morgan fingerprint density at radius 2 is 1.94 bits per heavy atom. The Morgan fingerprint density at radius 1 is 1.18 bits per heavy atom. The molecule has 2 nitrogen and oxygen atoms in total. The van der Waals surface area contributed by atoms with Gasteiger partial charge in [-0.05, 0) is 23.8 Å². The number of carboxylic acids is 1. The first kappa shape index (κ1) is 11.9. The van der Waals surface area contributed by atoms with Crippen LogP contribution in [0.1, 0.15) is 20.8 Å². The Hall–Kier alpha value is -1.58. The molecule has 0 aliphatic rings. The summed E-state index contributed by atoms with van der Waals surface area (Å²) in [4.78, 5) is 11.8. The van der Waals surface area contributed by atoms with Crippen LogP contribution in [0, 0.1) is 0 Å². The van der Waals surface area contributed by atoms with Crippen molar-refractivity contribution in [2.45, 2.75) is 0 Å². The second-order valence-electron chi connectivity index (χ2n) is 3.35. The molecule has 0 aliphatic carbocycles. The molecule has 0 fully saturated rings. The third kappa shape index (κ3) is 2.96. The Balaban J connectivity index is 2.30. The highest BCUT2D eigenvalue weighted by atomic mass is 35.5. The number of rotatable bonds is 3. The second kappa shape index (κ2) is 5.17. The molecule has 2 rings (SSSR count). The van der Waals surface area contributed by atoms with E-state index in [1.165, 1.54) is 17.4 Å². The minimum atomic E-state index is -1.17. The van der Waals surface area contributed by atoms with Gasteiger partial charge in [0.2, 0.25) is 0 Å². The third-order valence-electron chi connectivity index (χ3n) is 2.20. The van der Waals surface area contributed by atoms with Crippen molar-refractivity contribution in [2.24, 2.45) is 0 Å². The number of thiophene rings is 1. The van der Waals surface area contributed by atoms with E-state index < -0.39 is 5.97 Å². The summed E-state index contributed by atoms with van der Waals surface area (Å²) < 4.78 is 0.706. The molecule has 0 saturated carbocycles. The van der Waals surface area contributed by atoms with Crippen LogP contribution in [0.3, 0.4) is 0 Å². The van der Waals surface area contributed by atoms with E-state index in [2.05, 4.69) is 0 Å². The average molecular weight is 264 g/mol. The Kier molecular flexibility index (Phi) is 3.61. The molecule has 1 heterocycles. The molecule has 1 aromatic carbocycles. The molecule has 1 aromatic heterocycles. The number of hydrogen-bond donors (Lipinski definition) is 0. The van der Waals surface area contributed by atoms with Crippen molar-refractivity contribution >= 4 is 41.1 Å². The number of hydrogen-bond acceptors (Lipinski definition) is 3. The van der Waals surface area contributed by atoms with E-state index in [9.17, 15) is 9.90 Å². The summed E-state index contributed by atoms with van der Waals surface area (Å²) in [5.74, 6) is -1.17. The number of benzene rings is 1. The predicted octanol–water partition coefficient (Wildman–Crippen LogP) is 2.94.